The van der Waals surface area contributed by atoms with Crippen LogP contribution in [0.2, 0.25) is 5.02 Å². The number of nitrogens with zero attached hydrogens (tertiary/aromatic N) is 2. The zero-order chi connectivity index (χ0) is 13.3. The Labute approximate surface area is 117 Å². The van der Waals surface area contributed by atoms with E-state index in [9.17, 15) is 0 Å². The molecule has 4 nitrogen and oxygen atoms in total. The molecule has 100 valence electrons. The fourth-order valence-electron chi connectivity index (χ4n) is 2.44. The van der Waals surface area contributed by atoms with Crippen molar-refractivity contribution in [3.8, 4) is 0 Å². The van der Waals surface area contributed by atoms with Gasteiger partial charge in [-0.15, -0.1) is 0 Å². The predicted octanol–water partition coefficient (Wildman–Crippen LogP) is 2.91. The summed E-state index contributed by atoms with van der Waals surface area (Å²) < 4.78 is 5.40. The van der Waals surface area contributed by atoms with Crippen molar-refractivity contribution in [2.45, 2.75) is 31.7 Å². The fourth-order valence-corrected chi connectivity index (χ4v) is 2.64. The molecule has 0 spiro atoms. The van der Waals surface area contributed by atoms with Gasteiger partial charge in [-0.2, -0.15) is 4.98 Å². The van der Waals surface area contributed by atoms with Gasteiger partial charge in [0, 0.05) is 11.4 Å². The maximum Gasteiger partial charge on any atom is 0.246 e. The molecule has 1 aliphatic heterocycles. The van der Waals surface area contributed by atoms with E-state index in [4.69, 9.17) is 16.1 Å². The molecule has 5 heteroatoms. The Morgan fingerprint density at radius 3 is 3.00 bits per heavy atom. The van der Waals surface area contributed by atoms with Gasteiger partial charge in [-0.05, 0) is 37.9 Å². The number of nitrogens with one attached hydrogen (secondary N) is 1. The third-order valence-electron chi connectivity index (χ3n) is 3.62. The largest absolute Gasteiger partial charge is 0.337 e. The van der Waals surface area contributed by atoms with E-state index in [-0.39, 0.29) is 5.54 Å². The minimum Gasteiger partial charge on any atom is -0.337 e. The smallest absolute Gasteiger partial charge is 0.246 e. The quantitative estimate of drug-likeness (QED) is 0.937. The molecule has 19 heavy (non-hydrogen) atoms. The van der Waals surface area contributed by atoms with Gasteiger partial charge in [0.05, 0.1) is 5.54 Å². The van der Waals surface area contributed by atoms with Crippen LogP contribution in [0.5, 0.6) is 0 Å². The molecule has 2 heterocycles. The van der Waals surface area contributed by atoms with Crippen LogP contribution in [0.1, 0.15) is 37.0 Å². The van der Waals surface area contributed by atoms with Gasteiger partial charge < -0.3 is 9.84 Å². The summed E-state index contributed by atoms with van der Waals surface area (Å²) in [6.45, 7) is 3.10. The highest BCUT2D eigenvalue weighted by Crippen LogP contribution is 2.29. The molecule has 0 radical (unpaired) electrons. The first-order chi connectivity index (χ1) is 9.17. The number of benzene rings is 1. The van der Waals surface area contributed by atoms with E-state index in [0.29, 0.717) is 18.1 Å². The zero-order valence-corrected chi connectivity index (χ0v) is 11.6. The molecular weight excluding hydrogens is 262 g/mol. The van der Waals surface area contributed by atoms with E-state index >= 15 is 0 Å². The number of hydrogen-bond acceptors (Lipinski definition) is 4. The molecule has 0 saturated carbocycles. The van der Waals surface area contributed by atoms with Crippen molar-refractivity contribution in [2.24, 2.45) is 0 Å². The monoisotopic (exact) mass is 277 g/mol. The van der Waals surface area contributed by atoms with Gasteiger partial charge in [0.15, 0.2) is 5.82 Å². The highest BCUT2D eigenvalue weighted by Gasteiger charge is 2.35. The lowest BCUT2D eigenvalue weighted by Gasteiger charge is -2.18. The summed E-state index contributed by atoms with van der Waals surface area (Å²) in [6.07, 6.45) is 2.76. The van der Waals surface area contributed by atoms with Crippen LogP contribution in [-0.4, -0.2) is 16.7 Å². The second kappa shape index (κ2) is 4.94. The zero-order valence-electron chi connectivity index (χ0n) is 10.8. The van der Waals surface area contributed by atoms with Gasteiger partial charge in [-0.1, -0.05) is 35.0 Å². The summed E-state index contributed by atoms with van der Waals surface area (Å²) in [5.41, 5.74) is 0.840. The van der Waals surface area contributed by atoms with E-state index in [1.165, 1.54) is 0 Å². The van der Waals surface area contributed by atoms with Gasteiger partial charge in [-0.3, -0.25) is 0 Å². The highest BCUT2D eigenvalue weighted by atomic mass is 35.5. The molecule has 1 aliphatic rings. The summed E-state index contributed by atoms with van der Waals surface area (Å²) in [5, 5.41) is 8.21. The van der Waals surface area contributed by atoms with Crippen LogP contribution < -0.4 is 5.32 Å². The molecule has 1 N–H and O–H groups in total. The van der Waals surface area contributed by atoms with Crippen molar-refractivity contribution in [1.82, 2.24) is 15.5 Å². The average molecular weight is 278 g/mol. The number of hydrogen-bond donors (Lipinski definition) is 1. The lowest BCUT2D eigenvalue weighted by Crippen LogP contribution is -2.33. The topological polar surface area (TPSA) is 51.0 Å². The Bertz CT molecular complexity index is 576. The lowest BCUT2D eigenvalue weighted by atomic mass is 10.0. The molecule has 0 bridgehead atoms. The summed E-state index contributed by atoms with van der Waals surface area (Å²) in [7, 11) is 0. The molecule has 2 aromatic rings. The summed E-state index contributed by atoms with van der Waals surface area (Å²) >= 11 is 6.14. The van der Waals surface area contributed by atoms with Crippen LogP contribution in [0.4, 0.5) is 0 Å². The molecule has 1 unspecified atom stereocenters. The maximum absolute atomic E-state index is 6.14. The SMILES string of the molecule is CC1(c2nc(Cc3ccccc3Cl)no2)CCCN1. The number of halogens is 1. The molecule has 1 saturated heterocycles. The maximum atomic E-state index is 6.14. The molecule has 0 aliphatic carbocycles. The highest BCUT2D eigenvalue weighted by molar-refractivity contribution is 6.31. The lowest BCUT2D eigenvalue weighted by molar-refractivity contribution is 0.274. The normalized spacial score (nSPS) is 22.8. The average Bonchev–Trinajstić information content (AvgIpc) is 3.02. The van der Waals surface area contributed by atoms with Crippen LogP contribution in [-0.2, 0) is 12.0 Å². The first-order valence-corrected chi connectivity index (χ1v) is 6.87. The van der Waals surface area contributed by atoms with Crippen LogP contribution in [0, 0.1) is 0 Å². The summed E-state index contributed by atoms with van der Waals surface area (Å²) in [6, 6.07) is 7.73. The van der Waals surface area contributed by atoms with Crippen LogP contribution in [0.25, 0.3) is 0 Å². The van der Waals surface area contributed by atoms with Gasteiger partial charge in [0.2, 0.25) is 5.89 Å². The van der Waals surface area contributed by atoms with Crippen LogP contribution in [0.15, 0.2) is 28.8 Å². The number of aromatic nitrogens is 2. The molecule has 3 rings (SSSR count). The van der Waals surface area contributed by atoms with Crippen molar-refractivity contribution in [3.05, 3.63) is 46.6 Å². The van der Waals surface area contributed by atoms with E-state index in [2.05, 4.69) is 22.4 Å². The molecule has 1 aromatic heterocycles. The molecular formula is C14H16ClN3O. The van der Waals surface area contributed by atoms with Gasteiger partial charge in [-0.25, -0.2) is 0 Å². The van der Waals surface area contributed by atoms with Crippen LogP contribution >= 0.6 is 11.6 Å². The van der Waals surface area contributed by atoms with Crippen molar-refractivity contribution in [2.75, 3.05) is 6.54 Å². The second-order valence-corrected chi connectivity index (χ2v) is 5.55. The second-order valence-electron chi connectivity index (χ2n) is 5.15. The predicted molar refractivity (Wildman–Crippen MR) is 73.1 cm³/mol. The van der Waals surface area contributed by atoms with Crippen molar-refractivity contribution in [1.29, 1.82) is 0 Å². The first kappa shape index (κ1) is 12.6. The first-order valence-electron chi connectivity index (χ1n) is 6.49. The van der Waals surface area contributed by atoms with Gasteiger partial charge >= 0.3 is 0 Å². The van der Waals surface area contributed by atoms with Crippen molar-refractivity contribution >= 4 is 11.6 Å². The summed E-state index contributed by atoms with van der Waals surface area (Å²) in [4.78, 5) is 4.50. The standard InChI is InChI=1S/C14H16ClN3O/c1-14(7-4-8-16-14)13-17-12(18-19-13)9-10-5-2-3-6-11(10)15/h2-3,5-6,16H,4,7-9H2,1H3. The fraction of sp³-hybridized carbons (Fsp3) is 0.429. The van der Waals surface area contributed by atoms with Crippen molar-refractivity contribution < 1.29 is 4.52 Å². The third-order valence-corrected chi connectivity index (χ3v) is 3.98. The van der Waals surface area contributed by atoms with E-state index < -0.39 is 0 Å². The Balaban J connectivity index is 1.80. The van der Waals surface area contributed by atoms with Gasteiger partial charge in [0.1, 0.15) is 0 Å². The third kappa shape index (κ3) is 2.51. The van der Waals surface area contributed by atoms with E-state index in [0.717, 1.165) is 30.0 Å². The summed E-state index contributed by atoms with van der Waals surface area (Å²) in [5.74, 6) is 1.35. The molecule has 1 atom stereocenters. The number of rotatable bonds is 3. The molecule has 1 fully saturated rings. The van der Waals surface area contributed by atoms with E-state index in [1.54, 1.807) is 0 Å². The van der Waals surface area contributed by atoms with Crippen LogP contribution in [0.3, 0.4) is 0 Å². The Hall–Kier alpha value is -1.39. The van der Waals surface area contributed by atoms with Crippen molar-refractivity contribution in [3.63, 3.8) is 0 Å². The minimum atomic E-state index is -0.175. The Morgan fingerprint density at radius 1 is 1.42 bits per heavy atom. The Morgan fingerprint density at radius 2 is 2.26 bits per heavy atom. The molecule has 1 aromatic carbocycles. The van der Waals surface area contributed by atoms with Gasteiger partial charge in [0.25, 0.3) is 0 Å². The Kier molecular flexibility index (Phi) is 3.29. The molecule has 0 amide bonds. The minimum absolute atomic E-state index is 0.175. The van der Waals surface area contributed by atoms with E-state index in [1.807, 2.05) is 24.3 Å².